The predicted molar refractivity (Wildman–Crippen MR) is 113 cm³/mol. The number of hydrogen-bond acceptors (Lipinski definition) is 5. The molecule has 31 heavy (non-hydrogen) atoms. The van der Waals surface area contributed by atoms with E-state index in [1.54, 1.807) is 39.3 Å². The molecule has 2 aliphatic rings. The average molecular weight is 423 g/mol. The first-order valence-electron chi connectivity index (χ1n) is 10.1. The second kappa shape index (κ2) is 7.94. The summed E-state index contributed by atoms with van der Waals surface area (Å²) in [5.41, 5.74) is 1.51. The van der Waals surface area contributed by atoms with Gasteiger partial charge in [0.1, 0.15) is 23.6 Å². The largest absolute Gasteiger partial charge is 0.497 e. The number of methoxy groups -OCH3 is 2. The van der Waals surface area contributed by atoms with Crippen LogP contribution in [0.2, 0.25) is 0 Å². The SMILES string of the molecule is COc1ccc(OC)c([C@H](C)NC(=O)CN2C(=O)N[C@@]3(CCc4ccccc43)C2=O)c1. The smallest absolute Gasteiger partial charge is 0.325 e. The molecule has 4 amide bonds. The zero-order valence-corrected chi connectivity index (χ0v) is 17.7. The maximum atomic E-state index is 13.2. The number of urea groups is 1. The molecule has 2 aromatic carbocycles. The van der Waals surface area contributed by atoms with Gasteiger partial charge in [-0.25, -0.2) is 4.79 Å². The van der Waals surface area contributed by atoms with Crippen LogP contribution in [0.1, 0.15) is 36.1 Å². The van der Waals surface area contributed by atoms with E-state index in [2.05, 4.69) is 10.6 Å². The topological polar surface area (TPSA) is 97.0 Å². The van der Waals surface area contributed by atoms with E-state index >= 15 is 0 Å². The lowest BCUT2D eigenvalue weighted by atomic mass is 9.92. The van der Waals surface area contributed by atoms with Crippen LogP contribution in [0, 0.1) is 0 Å². The Balaban J connectivity index is 1.49. The van der Waals surface area contributed by atoms with Gasteiger partial charge in [0.2, 0.25) is 5.91 Å². The van der Waals surface area contributed by atoms with Crippen LogP contribution in [0.15, 0.2) is 42.5 Å². The van der Waals surface area contributed by atoms with Crippen molar-refractivity contribution in [2.45, 2.75) is 31.3 Å². The summed E-state index contributed by atoms with van der Waals surface area (Å²) in [5.74, 6) is 0.409. The van der Waals surface area contributed by atoms with Crippen molar-refractivity contribution in [2.75, 3.05) is 20.8 Å². The molecule has 2 N–H and O–H groups in total. The minimum absolute atomic E-state index is 0.356. The lowest BCUT2D eigenvalue weighted by molar-refractivity contribution is -0.135. The van der Waals surface area contributed by atoms with Crippen LogP contribution in [-0.4, -0.2) is 43.5 Å². The molecule has 0 saturated carbocycles. The normalized spacial score (nSPS) is 20.4. The maximum Gasteiger partial charge on any atom is 0.325 e. The Hall–Kier alpha value is -3.55. The van der Waals surface area contributed by atoms with Crippen LogP contribution in [0.3, 0.4) is 0 Å². The van der Waals surface area contributed by atoms with Gasteiger partial charge in [-0.05, 0) is 49.1 Å². The molecule has 1 saturated heterocycles. The molecular formula is C23H25N3O5. The van der Waals surface area contributed by atoms with E-state index in [9.17, 15) is 14.4 Å². The van der Waals surface area contributed by atoms with E-state index in [4.69, 9.17) is 9.47 Å². The molecule has 0 bridgehead atoms. The fourth-order valence-corrected chi connectivity index (χ4v) is 4.42. The van der Waals surface area contributed by atoms with Crippen molar-refractivity contribution in [3.63, 3.8) is 0 Å². The highest BCUT2D eigenvalue weighted by molar-refractivity contribution is 6.09. The van der Waals surface area contributed by atoms with E-state index < -0.39 is 23.5 Å². The van der Waals surface area contributed by atoms with Crippen LogP contribution < -0.4 is 20.1 Å². The Kier molecular flexibility index (Phi) is 5.31. The van der Waals surface area contributed by atoms with Crippen LogP contribution in [0.25, 0.3) is 0 Å². The fraction of sp³-hybridized carbons (Fsp3) is 0.348. The number of hydrogen-bond donors (Lipinski definition) is 2. The third-order valence-corrected chi connectivity index (χ3v) is 6.00. The summed E-state index contributed by atoms with van der Waals surface area (Å²) in [7, 11) is 3.11. The third-order valence-electron chi connectivity index (χ3n) is 6.00. The summed E-state index contributed by atoms with van der Waals surface area (Å²) in [5, 5.41) is 5.67. The Morgan fingerprint density at radius 1 is 1.19 bits per heavy atom. The molecule has 1 spiro atoms. The van der Waals surface area contributed by atoms with E-state index in [0.717, 1.165) is 21.6 Å². The Labute approximate surface area is 180 Å². The van der Waals surface area contributed by atoms with Gasteiger partial charge in [0.25, 0.3) is 5.91 Å². The van der Waals surface area contributed by atoms with Crippen molar-refractivity contribution < 1.29 is 23.9 Å². The molecule has 4 rings (SSSR count). The van der Waals surface area contributed by atoms with Crippen molar-refractivity contribution in [3.05, 3.63) is 59.2 Å². The van der Waals surface area contributed by atoms with Gasteiger partial charge in [0, 0.05) is 5.56 Å². The summed E-state index contributed by atoms with van der Waals surface area (Å²) in [6, 6.07) is 11.9. The van der Waals surface area contributed by atoms with E-state index in [0.29, 0.717) is 24.3 Å². The molecule has 162 valence electrons. The number of nitrogens with zero attached hydrogens (tertiary/aromatic N) is 1. The molecule has 8 nitrogen and oxygen atoms in total. The minimum atomic E-state index is -1.07. The number of ether oxygens (including phenoxy) is 2. The molecule has 2 atom stereocenters. The Morgan fingerprint density at radius 3 is 2.71 bits per heavy atom. The first-order chi connectivity index (χ1) is 14.9. The molecule has 1 fully saturated rings. The minimum Gasteiger partial charge on any atom is -0.497 e. The van der Waals surface area contributed by atoms with Crippen LogP contribution in [0.5, 0.6) is 11.5 Å². The Morgan fingerprint density at radius 2 is 1.97 bits per heavy atom. The number of imide groups is 1. The third kappa shape index (κ3) is 3.48. The lowest BCUT2D eigenvalue weighted by Gasteiger charge is -2.22. The van der Waals surface area contributed by atoms with Crippen molar-refractivity contribution >= 4 is 17.8 Å². The molecule has 0 radical (unpaired) electrons. The van der Waals surface area contributed by atoms with Gasteiger partial charge in [0.15, 0.2) is 0 Å². The van der Waals surface area contributed by atoms with E-state index in [1.807, 2.05) is 24.3 Å². The molecule has 2 aromatic rings. The van der Waals surface area contributed by atoms with Gasteiger partial charge >= 0.3 is 6.03 Å². The van der Waals surface area contributed by atoms with Gasteiger partial charge < -0.3 is 20.1 Å². The van der Waals surface area contributed by atoms with Gasteiger partial charge in [-0.3, -0.25) is 14.5 Å². The molecule has 0 unspecified atom stereocenters. The predicted octanol–water partition coefficient (Wildman–Crippen LogP) is 2.27. The van der Waals surface area contributed by atoms with Crippen molar-refractivity contribution in [2.24, 2.45) is 0 Å². The van der Waals surface area contributed by atoms with Crippen LogP contribution in [0.4, 0.5) is 4.79 Å². The summed E-state index contributed by atoms with van der Waals surface area (Å²) in [6.45, 7) is 1.45. The van der Waals surface area contributed by atoms with Crippen molar-refractivity contribution in [1.29, 1.82) is 0 Å². The van der Waals surface area contributed by atoms with E-state index in [1.165, 1.54) is 0 Å². The molecule has 0 aromatic heterocycles. The number of carbonyl (C=O) groups excluding carboxylic acids is 3. The average Bonchev–Trinajstić information content (AvgIpc) is 3.26. The highest BCUT2D eigenvalue weighted by Gasteiger charge is 2.55. The quantitative estimate of drug-likeness (QED) is 0.695. The second-order valence-corrected chi connectivity index (χ2v) is 7.78. The van der Waals surface area contributed by atoms with Crippen molar-refractivity contribution in [3.8, 4) is 11.5 Å². The first kappa shape index (κ1) is 20.7. The van der Waals surface area contributed by atoms with Crippen LogP contribution >= 0.6 is 0 Å². The van der Waals surface area contributed by atoms with Gasteiger partial charge in [-0.2, -0.15) is 0 Å². The molecule has 1 aliphatic heterocycles. The monoisotopic (exact) mass is 423 g/mol. The number of carbonyl (C=O) groups is 3. The zero-order chi connectivity index (χ0) is 22.2. The summed E-state index contributed by atoms with van der Waals surface area (Å²) < 4.78 is 10.6. The van der Waals surface area contributed by atoms with E-state index in [-0.39, 0.29) is 12.5 Å². The summed E-state index contributed by atoms with van der Waals surface area (Å²) in [6.07, 6.45) is 1.20. The first-order valence-corrected chi connectivity index (χ1v) is 10.1. The van der Waals surface area contributed by atoms with Gasteiger partial charge in [-0.1, -0.05) is 24.3 Å². The molecule has 1 heterocycles. The summed E-state index contributed by atoms with van der Waals surface area (Å²) >= 11 is 0. The zero-order valence-electron chi connectivity index (χ0n) is 17.7. The number of aryl methyl sites for hydroxylation is 1. The number of nitrogens with one attached hydrogen (secondary N) is 2. The number of amides is 4. The van der Waals surface area contributed by atoms with Gasteiger partial charge in [-0.15, -0.1) is 0 Å². The molecular weight excluding hydrogens is 398 g/mol. The Bertz CT molecular complexity index is 1050. The summed E-state index contributed by atoms with van der Waals surface area (Å²) in [4.78, 5) is 39.5. The highest BCUT2D eigenvalue weighted by Crippen LogP contribution is 2.41. The highest BCUT2D eigenvalue weighted by atomic mass is 16.5. The van der Waals surface area contributed by atoms with Crippen LogP contribution in [-0.2, 0) is 21.5 Å². The maximum absolute atomic E-state index is 13.2. The standard InChI is InChI=1S/C23H25N3O5/c1-14(17-12-16(30-2)8-9-19(17)31-3)24-20(27)13-26-21(28)23(25-22(26)29)11-10-15-6-4-5-7-18(15)23/h4-9,12,14H,10-11,13H2,1-3H3,(H,24,27)(H,25,29)/t14-,23+/m0/s1. The molecule has 1 aliphatic carbocycles. The lowest BCUT2D eigenvalue weighted by Crippen LogP contribution is -2.44. The number of rotatable bonds is 6. The number of fused-ring (bicyclic) bond motifs is 2. The van der Waals surface area contributed by atoms with Crippen molar-refractivity contribution in [1.82, 2.24) is 15.5 Å². The molecule has 8 heteroatoms. The fourth-order valence-electron chi connectivity index (χ4n) is 4.42. The van der Waals surface area contributed by atoms with Gasteiger partial charge in [0.05, 0.1) is 20.3 Å². The second-order valence-electron chi connectivity index (χ2n) is 7.78. The number of benzene rings is 2.